The molecule has 0 atom stereocenters. The lowest BCUT2D eigenvalue weighted by Crippen LogP contribution is -2.35. The minimum atomic E-state index is -0.0117. The topological polar surface area (TPSA) is 29.3 Å². The van der Waals surface area contributed by atoms with Crippen LogP contribution in [0.25, 0.3) is 0 Å². The average Bonchev–Trinajstić information content (AvgIpc) is 2.15. The molecule has 0 bridgehead atoms. The highest BCUT2D eigenvalue weighted by atomic mass is 15.1. The Bertz CT molecular complexity index is 266. The molecule has 100 valence electrons. The lowest BCUT2D eigenvalue weighted by Gasteiger charge is -2.32. The predicted molar refractivity (Wildman–Crippen MR) is 76.1 cm³/mol. The lowest BCUT2D eigenvalue weighted by molar-refractivity contribution is 0.264. The molecule has 2 N–H and O–H groups in total. The standard InChI is InChI=1S/C15H30N2/c1-14(2,3)13-7-11-17(12-8-13)10-6-9-15(4,5)16/h7H,6,8-12,16H2,1-5H3. The van der Waals surface area contributed by atoms with E-state index in [1.165, 1.54) is 25.9 Å². The van der Waals surface area contributed by atoms with Gasteiger partial charge in [0.15, 0.2) is 0 Å². The number of rotatable bonds is 4. The van der Waals surface area contributed by atoms with Crippen molar-refractivity contribution in [3.63, 3.8) is 0 Å². The molecule has 0 fully saturated rings. The molecule has 1 heterocycles. The van der Waals surface area contributed by atoms with Crippen molar-refractivity contribution in [3.8, 4) is 0 Å². The quantitative estimate of drug-likeness (QED) is 0.762. The third-order valence-corrected chi connectivity index (χ3v) is 3.55. The molecule has 0 aromatic rings. The maximum atomic E-state index is 6.00. The Morgan fingerprint density at radius 2 is 1.88 bits per heavy atom. The van der Waals surface area contributed by atoms with Crippen LogP contribution in [0, 0.1) is 5.41 Å². The van der Waals surface area contributed by atoms with Gasteiger partial charge in [-0.3, -0.25) is 4.90 Å². The van der Waals surface area contributed by atoms with E-state index in [4.69, 9.17) is 5.73 Å². The van der Waals surface area contributed by atoms with E-state index < -0.39 is 0 Å². The van der Waals surface area contributed by atoms with Gasteiger partial charge in [-0.2, -0.15) is 0 Å². The van der Waals surface area contributed by atoms with Gasteiger partial charge in [0.1, 0.15) is 0 Å². The Morgan fingerprint density at radius 1 is 1.24 bits per heavy atom. The first-order chi connectivity index (χ1) is 7.68. The average molecular weight is 238 g/mol. The Kier molecular flexibility index (Phi) is 4.79. The summed E-state index contributed by atoms with van der Waals surface area (Å²) in [6.07, 6.45) is 5.98. The summed E-state index contributed by atoms with van der Waals surface area (Å²) < 4.78 is 0. The molecule has 0 saturated heterocycles. The summed E-state index contributed by atoms with van der Waals surface area (Å²) in [6.45, 7) is 14.7. The highest BCUT2D eigenvalue weighted by Gasteiger charge is 2.21. The van der Waals surface area contributed by atoms with Gasteiger partial charge in [0.2, 0.25) is 0 Å². The first-order valence-electron chi connectivity index (χ1n) is 6.89. The fraction of sp³-hybridized carbons (Fsp3) is 0.867. The second-order valence-corrected chi connectivity index (χ2v) is 7.12. The maximum Gasteiger partial charge on any atom is 0.0166 e. The van der Waals surface area contributed by atoms with Crippen LogP contribution in [0.4, 0.5) is 0 Å². The van der Waals surface area contributed by atoms with Crippen LogP contribution in [0.1, 0.15) is 53.9 Å². The smallest absolute Gasteiger partial charge is 0.0166 e. The summed E-state index contributed by atoms with van der Waals surface area (Å²) in [4.78, 5) is 2.54. The van der Waals surface area contributed by atoms with Gasteiger partial charge in [0.25, 0.3) is 0 Å². The zero-order chi connectivity index (χ0) is 13.1. The van der Waals surface area contributed by atoms with Gasteiger partial charge < -0.3 is 5.73 Å². The molecule has 0 radical (unpaired) electrons. The van der Waals surface area contributed by atoms with E-state index in [2.05, 4.69) is 45.6 Å². The first kappa shape index (κ1) is 14.7. The van der Waals surface area contributed by atoms with Gasteiger partial charge in [0.05, 0.1) is 0 Å². The zero-order valence-electron chi connectivity index (χ0n) is 12.3. The van der Waals surface area contributed by atoms with Crippen LogP contribution in [0.2, 0.25) is 0 Å². The molecule has 1 aliphatic rings. The van der Waals surface area contributed by atoms with E-state index in [-0.39, 0.29) is 5.54 Å². The Hall–Kier alpha value is -0.340. The van der Waals surface area contributed by atoms with E-state index in [0.29, 0.717) is 5.41 Å². The summed E-state index contributed by atoms with van der Waals surface area (Å²) in [5.74, 6) is 0. The third-order valence-electron chi connectivity index (χ3n) is 3.55. The monoisotopic (exact) mass is 238 g/mol. The van der Waals surface area contributed by atoms with E-state index in [0.717, 1.165) is 13.0 Å². The van der Waals surface area contributed by atoms with Crippen LogP contribution < -0.4 is 5.73 Å². The minimum Gasteiger partial charge on any atom is -0.326 e. The van der Waals surface area contributed by atoms with Crippen molar-refractivity contribution < 1.29 is 0 Å². The summed E-state index contributed by atoms with van der Waals surface area (Å²) >= 11 is 0. The number of hydrogen-bond acceptors (Lipinski definition) is 2. The van der Waals surface area contributed by atoms with Gasteiger partial charge in [-0.05, 0) is 45.1 Å². The van der Waals surface area contributed by atoms with E-state index in [1.807, 2.05) is 0 Å². The van der Waals surface area contributed by atoms with Gasteiger partial charge in [-0.1, -0.05) is 32.4 Å². The Labute approximate surface area is 107 Å². The molecule has 0 spiro atoms. The van der Waals surface area contributed by atoms with Crippen LogP contribution in [0.15, 0.2) is 11.6 Å². The summed E-state index contributed by atoms with van der Waals surface area (Å²) in [7, 11) is 0. The van der Waals surface area contributed by atoms with Crippen LogP contribution in [-0.4, -0.2) is 30.1 Å². The van der Waals surface area contributed by atoms with E-state index in [1.54, 1.807) is 5.57 Å². The molecule has 0 aromatic heterocycles. The van der Waals surface area contributed by atoms with Gasteiger partial charge in [-0.25, -0.2) is 0 Å². The number of hydrogen-bond donors (Lipinski definition) is 1. The summed E-state index contributed by atoms with van der Waals surface area (Å²) in [5, 5.41) is 0. The SMILES string of the molecule is CC(C)(N)CCCN1CC=C(C(C)(C)C)CC1. The fourth-order valence-corrected chi connectivity index (χ4v) is 2.35. The zero-order valence-corrected chi connectivity index (χ0v) is 12.3. The van der Waals surface area contributed by atoms with Crippen molar-refractivity contribution in [2.45, 2.75) is 59.4 Å². The van der Waals surface area contributed by atoms with E-state index >= 15 is 0 Å². The highest BCUT2D eigenvalue weighted by molar-refractivity contribution is 5.14. The first-order valence-corrected chi connectivity index (χ1v) is 6.89. The van der Waals surface area contributed by atoms with Crippen molar-refractivity contribution >= 4 is 0 Å². The molecular formula is C15H30N2. The molecule has 0 saturated carbocycles. The van der Waals surface area contributed by atoms with Gasteiger partial charge in [-0.15, -0.1) is 0 Å². The van der Waals surface area contributed by atoms with Gasteiger partial charge in [0, 0.05) is 18.6 Å². The normalized spacial score (nSPS) is 19.3. The van der Waals surface area contributed by atoms with Crippen LogP contribution in [-0.2, 0) is 0 Å². The number of nitrogens with zero attached hydrogens (tertiary/aromatic N) is 1. The molecule has 0 aromatic carbocycles. The predicted octanol–water partition coefficient (Wildman–Crippen LogP) is 3.18. The molecule has 17 heavy (non-hydrogen) atoms. The van der Waals surface area contributed by atoms with Crippen molar-refractivity contribution in [1.29, 1.82) is 0 Å². The maximum absolute atomic E-state index is 6.00. The molecule has 0 amide bonds. The van der Waals surface area contributed by atoms with Crippen LogP contribution >= 0.6 is 0 Å². The lowest BCUT2D eigenvalue weighted by atomic mass is 9.83. The minimum absolute atomic E-state index is 0.0117. The second kappa shape index (κ2) is 5.53. The van der Waals surface area contributed by atoms with Crippen molar-refractivity contribution in [2.75, 3.05) is 19.6 Å². The van der Waals surface area contributed by atoms with Crippen molar-refractivity contribution in [3.05, 3.63) is 11.6 Å². The Morgan fingerprint density at radius 3 is 2.29 bits per heavy atom. The van der Waals surface area contributed by atoms with Gasteiger partial charge >= 0.3 is 0 Å². The number of nitrogens with two attached hydrogens (primary N) is 1. The summed E-state index contributed by atoms with van der Waals surface area (Å²) in [5.41, 5.74) is 7.96. The molecule has 0 unspecified atom stereocenters. The Balaban J connectivity index is 2.30. The third kappa shape index (κ3) is 5.69. The van der Waals surface area contributed by atoms with E-state index in [9.17, 15) is 0 Å². The highest BCUT2D eigenvalue weighted by Crippen LogP contribution is 2.30. The molecule has 0 aliphatic carbocycles. The molecule has 1 aliphatic heterocycles. The fourth-order valence-electron chi connectivity index (χ4n) is 2.35. The van der Waals surface area contributed by atoms with Crippen LogP contribution in [0.3, 0.4) is 0 Å². The second-order valence-electron chi connectivity index (χ2n) is 7.12. The molecule has 2 nitrogen and oxygen atoms in total. The summed E-state index contributed by atoms with van der Waals surface area (Å²) in [6, 6.07) is 0. The molecule has 2 heteroatoms. The largest absolute Gasteiger partial charge is 0.326 e. The van der Waals surface area contributed by atoms with Crippen LogP contribution in [0.5, 0.6) is 0 Å². The van der Waals surface area contributed by atoms with Crippen molar-refractivity contribution in [2.24, 2.45) is 11.1 Å². The molecular weight excluding hydrogens is 208 g/mol. The van der Waals surface area contributed by atoms with Crippen molar-refractivity contribution in [1.82, 2.24) is 4.90 Å². The molecule has 1 rings (SSSR count).